The van der Waals surface area contributed by atoms with Gasteiger partial charge in [0.1, 0.15) is 0 Å². The third kappa shape index (κ3) is 2.57. The van der Waals surface area contributed by atoms with Gasteiger partial charge in [-0.2, -0.15) is 0 Å². The maximum Gasteiger partial charge on any atom is 0.0703 e. The van der Waals surface area contributed by atoms with E-state index in [0.717, 1.165) is 38.9 Å². The van der Waals surface area contributed by atoms with Gasteiger partial charge in [0.15, 0.2) is 0 Å². The fraction of sp³-hybridized carbons (Fsp3) is 1.00. The predicted molar refractivity (Wildman–Crippen MR) is 72.6 cm³/mol. The SMILES string of the molecule is CCC1CC(CN)(N(C)C2CCOC2C)CCO1. The van der Waals surface area contributed by atoms with Crippen LogP contribution >= 0.6 is 0 Å². The first-order chi connectivity index (χ1) is 8.63. The molecular weight excluding hydrogens is 228 g/mol. The molecule has 106 valence electrons. The Labute approximate surface area is 111 Å². The smallest absolute Gasteiger partial charge is 0.0703 e. The molecular formula is C14H28N2O2. The maximum absolute atomic E-state index is 6.13. The summed E-state index contributed by atoms with van der Waals surface area (Å²) in [5.74, 6) is 0. The summed E-state index contributed by atoms with van der Waals surface area (Å²) >= 11 is 0. The van der Waals surface area contributed by atoms with Crippen LogP contribution in [0.15, 0.2) is 0 Å². The molecule has 0 spiro atoms. The van der Waals surface area contributed by atoms with Crippen LogP contribution in [0.5, 0.6) is 0 Å². The summed E-state index contributed by atoms with van der Waals surface area (Å²) in [7, 11) is 2.22. The quantitative estimate of drug-likeness (QED) is 0.825. The van der Waals surface area contributed by atoms with E-state index in [1.807, 2.05) is 0 Å². The minimum Gasteiger partial charge on any atom is -0.378 e. The lowest BCUT2D eigenvalue weighted by Gasteiger charge is -2.49. The largest absolute Gasteiger partial charge is 0.378 e. The van der Waals surface area contributed by atoms with Crippen molar-refractivity contribution in [2.24, 2.45) is 5.73 Å². The molecule has 0 bridgehead atoms. The molecule has 2 heterocycles. The number of hydrogen-bond donors (Lipinski definition) is 1. The van der Waals surface area contributed by atoms with Crippen molar-refractivity contribution < 1.29 is 9.47 Å². The Morgan fingerprint density at radius 3 is 2.67 bits per heavy atom. The minimum atomic E-state index is 0.103. The highest BCUT2D eigenvalue weighted by atomic mass is 16.5. The first kappa shape index (κ1) is 14.3. The van der Waals surface area contributed by atoms with Crippen molar-refractivity contribution in [1.29, 1.82) is 0 Å². The molecule has 4 atom stereocenters. The molecule has 0 aliphatic carbocycles. The molecule has 2 N–H and O–H groups in total. The van der Waals surface area contributed by atoms with E-state index in [1.165, 1.54) is 0 Å². The van der Waals surface area contributed by atoms with Gasteiger partial charge in [0.05, 0.1) is 12.2 Å². The molecule has 2 saturated heterocycles. The van der Waals surface area contributed by atoms with Gasteiger partial charge in [0.2, 0.25) is 0 Å². The van der Waals surface area contributed by atoms with Crippen molar-refractivity contribution in [2.45, 2.75) is 63.3 Å². The zero-order valence-electron chi connectivity index (χ0n) is 12.0. The summed E-state index contributed by atoms with van der Waals surface area (Å²) in [6, 6.07) is 0.504. The highest BCUT2D eigenvalue weighted by Gasteiger charge is 2.43. The molecule has 4 heteroatoms. The second-order valence-corrected chi connectivity index (χ2v) is 5.83. The van der Waals surface area contributed by atoms with E-state index >= 15 is 0 Å². The average Bonchev–Trinajstić information content (AvgIpc) is 2.84. The van der Waals surface area contributed by atoms with Crippen LogP contribution in [0.3, 0.4) is 0 Å². The van der Waals surface area contributed by atoms with E-state index < -0.39 is 0 Å². The fourth-order valence-electron chi connectivity index (χ4n) is 3.49. The molecule has 0 aromatic rings. The number of nitrogens with two attached hydrogens (primary N) is 1. The van der Waals surface area contributed by atoms with Crippen LogP contribution in [-0.2, 0) is 9.47 Å². The maximum atomic E-state index is 6.13. The predicted octanol–water partition coefficient (Wildman–Crippen LogP) is 1.38. The van der Waals surface area contributed by atoms with Crippen LogP contribution in [0.1, 0.15) is 39.5 Å². The molecule has 0 saturated carbocycles. The summed E-state index contributed by atoms with van der Waals surface area (Å²) < 4.78 is 11.5. The summed E-state index contributed by atoms with van der Waals surface area (Å²) in [5, 5.41) is 0. The molecule has 0 radical (unpaired) electrons. The van der Waals surface area contributed by atoms with E-state index in [1.54, 1.807) is 0 Å². The van der Waals surface area contributed by atoms with Crippen molar-refractivity contribution in [3.8, 4) is 0 Å². The summed E-state index contributed by atoms with van der Waals surface area (Å²) in [6.07, 6.45) is 4.98. The molecule has 4 unspecified atom stereocenters. The molecule has 2 fully saturated rings. The first-order valence-electron chi connectivity index (χ1n) is 7.29. The molecule has 0 amide bonds. The average molecular weight is 256 g/mol. The highest BCUT2D eigenvalue weighted by Crippen LogP contribution is 2.34. The van der Waals surface area contributed by atoms with E-state index in [-0.39, 0.29) is 5.54 Å². The van der Waals surface area contributed by atoms with Gasteiger partial charge in [-0.25, -0.2) is 0 Å². The Morgan fingerprint density at radius 1 is 1.33 bits per heavy atom. The topological polar surface area (TPSA) is 47.7 Å². The van der Waals surface area contributed by atoms with E-state index in [9.17, 15) is 0 Å². The number of ether oxygens (including phenoxy) is 2. The summed E-state index contributed by atoms with van der Waals surface area (Å²) in [6.45, 7) is 6.80. The van der Waals surface area contributed by atoms with Gasteiger partial charge in [-0.3, -0.25) is 4.90 Å². The van der Waals surface area contributed by atoms with Gasteiger partial charge >= 0.3 is 0 Å². The van der Waals surface area contributed by atoms with E-state index in [4.69, 9.17) is 15.2 Å². The van der Waals surface area contributed by atoms with Gasteiger partial charge < -0.3 is 15.2 Å². The van der Waals surface area contributed by atoms with Crippen LogP contribution in [0.25, 0.3) is 0 Å². The van der Waals surface area contributed by atoms with E-state index in [2.05, 4.69) is 25.8 Å². The Morgan fingerprint density at radius 2 is 2.11 bits per heavy atom. The van der Waals surface area contributed by atoms with Crippen LogP contribution in [0.4, 0.5) is 0 Å². The number of likely N-dealkylation sites (N-methyl/N-ethyl adjacent to an activating group) is 1. The van der Waals surface area contributed by atoms with Crippen molar-refractivity contribution in [2.75, 3.05) is 26.8 Å². The van der Waals surface area contributed by atoms with Gasteiger partial charge in [0, 0.05) is 31.3 Å². The highest BCUT2D eigenvalue weighted by molar-refractivity contribution is 4.99. The normalized spacial score (nSPS) is 41.5. The Kier molecular flexibility index (Phi) is 4.64. The Balaban J connectivity index is 2.10. The molecule has 2 aliphatic rings. The van der Waals surface area contributed by atoms with Crippen LogP contribution < -0.4 is 5.73 Å². The van der Waals surface area contributed by atoms with Crippen molar-refractivity contribution in [3.63, 3.8) is 0 Å². The minimum absolute atomic E-state index is 0.103. The Bertz CT molecular complexity index is 275. The lowest BCUT2D eigenvalue weighted by Crippen LogP contribution is -2.61. The lowest BCUT2D eigenvalue weighted by atomic mass is 9.82. The second kappa shape index (κ2) is 5.87. The van der Waals surface area contributed by atoms with Gasteiger partial charge in [-0.1, -0.05) is 6.92 Å². The summed E-state index contributed by atoms with van der Waals surface area (Å²) in [5.41, 5.74) is 6.23. The zero-order chi connectivity index (χ0) is 13.2. The number of rotatable bonds is 4. The van der Waals surface area contributed by atoms with Gasteiger partial charge in [-0.15, -0.1) is 0 Å². The summed E-state index contributed by atoms with van der Waals surface area (Å²) in [4.78, 5) is 2.50. The molecule has 0 aromatic heterocycles. The van der Waals surface area contributed by atoms with Crippen LogP contribution in [0.2, 0.25) is 0 Å². The van der Waals surface area contributed by atoms with Crippen LogP contribution in [-0.4, -0.2) is 55.5 Å². The second-order valence-electron chi connectivity index (χ2n) is 5.83. The van der Waals surface area contributed by atoms with Crippen molar-refractivity contribution in [3.05, 3.63) is 0 Å². The first-order valence-corrected chi connectivity index (χ1v) is 7.29. The number of hydrogen-bond acceptors (Lipinski definition) is 4. The Hall–Kier alpha value is -0.160. The molecule has 4 nitrogen and oxygen atoms in total. The van der Waals surface area contributed by atoms with E-state index in [0.29, 0.717) is 24.8 Å². The van der Waals surface area contributed by atoms with Gasteiger partial charge in [0.25, 0.3) is 0 Å². The monoisotopic (exact) mass is 256 g/mol. The zero-order valence-corrected chi connectivity index (χ0v) is 12.0. The number of nitrogens with zero attached hydrogens (tertiary/aromatic N) is 1. The molecule has 2 rings (SSSR count). The lowest BCUT2D eigenvalue weighted by molar-refractivity contribution is -0.0821. The molecule has 0 aromatic carbocycles. The fourth-order valence-corrected chi connectivity index (χ4v) is 3.49. The molecule has 18 heavy (non-hydrogen) atoms. The standard InChI is InChI=1S/C14H28N2O2/c1-4-12-9-14(10-15,6-8-18-12)16(3)13-5-7-17-11(13)2/h11-13H,4-10,15H2,1-3H3. The van der Waals surface area contributed by atoms with Crippen molar-refractivity contribution >= 4 is 0 Å². The third-order valence-electron chi connectivity index (χ3n) is 4.95. The molecule has 2 aliphatic heterocycles. The van der Waals surface area contributed by atoms with Gasteiger partial charge in [-0.05, 0) is 39.7 Å². The van der Waals surface area contributed by atoms with Crippen molar-refractivity contribution in [1.82, 2.24) is 4.90 Å². The third-order valence-corrected chi connectivity index (χ3v) is 4.95. The van der Waals surface area contributed by atoms with Crippen LogP contribution in [0, 0.1) is 0 Å².